The Morgan fingerprint density at radius 3 is 2.67 bits per heavy atom. The minimum Gasteiger partial charge on any atom is -0.480 e. The Hall–Kier alpha value is -1.36. The molecule has 2 saturated heterocycles. The fourth-order valence-electron chi connectivity index (χ4n) is 2.85. The molecule has 0 saturated carbocycles. The molecule has 2 fully saturated rings. The molecular formula is C15H27N3O8P+. The molecule has 0 spiro atoms. The van der Waals surface area contributed by atoms with Gasteiger partial charge in [-0.3, -0.25) is 14.4 Å². The van der Waals surface area contributed by atoms with Crippen molar-refractivity contribution >= 4 is 25.9 Å². The van der Waals surface area contributed by atoms with Gasteiger partial charge in [-0.2, -0.15) is 9.42 Å². The van der Waals surface area contributed by atoms with Crippen LogP contribution < -0.4 is 15.7 Å². The Morgan fingerprint density at radius 2 is 2.07 bits per heavy atom. The van der Waals surface area contributed by atoms with Crippen LogP contribution in [0.25, 0.3) is 0 Å². The van der Waals surface area contributed by atoms with E-state index in [0.29, 0.717) is 6.54 Å². The molecule has 0 aromatic carbocycles. The monoisotopic (exact) mass is 408 g/mol. The lowest BCUT2D eigenvalue weighted by atomic mass is 9.87. The molecule has 2 rings (SSSR count). The molecule has 0 bridgehead atoms. The summed E-state index contributed by atoms with van der Waals surface area (Å²) < 4.78 is 15.6. The molecule has 1 amide bonds. The predicted octanol–water partition coefficient (Wildman–Crippen LogP) is -0.818. The maximum absolute atomic E-state index is 12.5. The van der Waals surface area contributed by atoms with Gasteiger partial charge < -0.3 is 20.5 Å². The van der Waals surface area contributed by atoms with Crippen LogP contribution in [-0.4, -0.2) is 72.8 Å². The summed E-state index contributed by atoms with van der Waals surface area (Å²) in [5, 5.41) is 17.3. The molecule has 4 atom stereocenters. The van der Waals surface area contributed by atoms with Crippen LogP contribution in [0.3, 0.4) is 0 Å². The van der Waals surface area contributed by atoms with Gasteiger partial charge in [0.15, 0.2) is 6.10 Å². The lowest BCUT2D eigenvalue weighted by molar-refractivity contribution is -0.142. The van der Waals surface area contributed by atoms with Crippen molar-refractivity contribution < 1.29 is 38.2 Å². The SMILES string of the molecule is COC(=O)CCNC(=O)[C@@H]1O[P+](O)(N[C@H]2CN[C@@H](C(=O)O)C2)OCC1(C)C. The van der Waals surface area contributed by atoms with Crippen molar-refractivity contribution in [3.8, 4) is 0 Å². The van der Waals surface area contributed by atoms with E-state index < -0.39 is 43.5 Å². The van der Waals surface area contributed by atoms with Gasteiger partial charge in [-0.05, 0) is 6.42 Å². The van der Waals surface area contributed by atoms with Gasteiger partial charge in [0.05, 0.1) is 19.6 Å². The number of carboxylic acid groups (broad SMARTS) is 1. The van der Waals surface area contributed by atoms with Crippen LogP contribution >= 0.6 is 8.09 Å². The van der Waals surface area contributed by atoms with Crippen molar-refractivity contribution in [3.63, 3.8) is 0 Å². The molecule has 154 valence electrons. The number of hydrogen-bond donors (Lipinski definition) is 5. The van der Waals surface area contributed by atoms with E-state index >= 15 is 0 Å². The first-order valence-corrected chi connectivity index (χ1v) is 10.2. The number of hydrogen-bond acceptors (Lipinski definition) is 9. The number of aliphatic carboxylic acids is 1. The number of carbonyl (C=O) groups excluding carboxylic acids is 2. The van der Waals surface area contributed by atoms with Gasteiger partial charge in [0, 0.05) is 18.5 Å². The number of esters is 1. The second-order valence-corrected chi connectivity index (χ2v) is 9.01. The zero-order chi connectivity index (χ0) is 20.2. The smallest absolute Gasteiger partial charge is 0.480 e. The van der Waals surface area contributed by atoms with Crippen LogP contribution in [0.5, 0.6) is 0 Å². The summed E-state index contributed by atoms with van der Waals surface area (Å²) >= 11 is 0. The normalized spacial score (nSPS) is 32.7. The van der Waals surface area contributed by atoms with Crippen molar-refractivity contribution in [1.82, 2.24) is 15.7 Å². The first kappa shape index (κ1) is 21.9. The summed E-state index contributed by atoms with van der Waals surface area (Å²) in [4.78, 5) is 45.4. The Balaban J connectivity index is 1.95. The van der Waals surface area contributed by atoms with Crippen molar-refractivity contribution in [2.24, 2.45) is 5.41 Å². The average Bonchev–Trinajstić information content (AvgIpc) is 3.05. The number of methoxy groups -OCH3 is 1. The van der Waals surface area contributed by atoms with Crippen LogP contribution in [0.2, 0.25) is 0 Å². The minimum atomic E-state index is -3.55. The first-order valence-electron chi connectivity index (χ1n) is 8.59. The molecule has 0 aromatic rings. The highest BCUT2D eigenvalue weighted by Gasteiger charge is 2.58. The Bertz CT molecular complexity index is 589. The van der Waals surface area contributed by atoms with E-state index in [9.17, 15) is 19.3 Å². The van der Waals surface area contributed by atoms with Crippen LogP contribution in [0.1, 0.15) is 26.7 Å². The topological polar surface area (TPSA) is 155 Å². The van der Waals surface area contributed by atoms with Crippen LogP contribution in [0, 0.1) is 5.41 Å². The van der Waals surface area contributed by atoms with E-state index in [1.165, 1.54) is 7.11 Å². The van der Waals surface area contributed by atoms with Gasteiger partial charge >= 0.3 is 20.0 Å². The van der Waals surface area contributed by atoms with Crippen LogP contribution in [-0.2, 0) is 28.2 Å². The summed E-state index contributed by atoms with van der Waals surface area (Å²) in [6, 6.07) is -1.08. The zero-order valence-corrected chi connectivity index (χ0v) is 16.5. The van der Waals surface area contributed by atoms with E-state index in [1.54, 1.807) is 13.8 Å². The lowest BCUT2D eigenvalue weighted by Gasteiger charge is -2.37. The third-order valence-electron chi connectivity index (χ3n) is 4.44. The van der Waals surface area contributed by atoms with E-state index in [0.717, 1.165) is 0 Å². The van der Waals surface area contributed by atoms with Crippen molar-refractivity contribution in [2.75, 3.05) is 26.8 Å². The number of carbonyl (C=O) groups is 3. The largest absolute Gasteiger partial charge is 0.500 e. The maximum Gasteiger partial charge on any atom is 0.500 e. The Kier molecular flexibility index (Phi) is 7.12. The highest BCUT2D eigenvalue weighted by atomic mass is 31.2. The van der Waals surface area contributed by atoms with Gasteiger partial charge in [-0.15, -0.1) is 9.61 Å². The fraction of sp³-hybridized carbons (Fsp3) is 0.800. The highest BCUT2D eigenvalue weighted by molar-refractivity contribution is 7.58. The third-order valence-corrected chi connectivity index (χ3v) is 6.11. The van der Waals surface area contributed by atoms with Gasteiger partial charge in [0.1, 0.15) is 12.6 Å². The summed E-state index contributed by atoms with van der Waals surface area (Å²) in [5.41, 5.74) is -0.708. The molecular weight excluding hydrogens is 381 g/mol. The van der Waals surface area contributed by atoms with Crippen molar-refractivity contribution in [2.45, 2.75) is 44.9 Å². The standard InChI is InChI=1S/C15H26N3O8P/c1-15(2)8-25-27(23,18-9-6-10(14(21)22)17-7-9)26-12(15)13(20)16-5-4-11(19)24-3/h9-10,12,17-18,23H,4-8H2,1-3H3,(H-,16,20,21,22)/p+1/t9-,10-,12+,27?/m1/s1. The quantitative estimate of drug-likeness (QED) is 0.266. The summed E-state index contributed by atoms with van der Waals surface area (Å²) in [7, 11) is -2.29. The number of ether oxygens (including phenoxy) is 1. The van der Waals surface area contributed by atoms with E-state index in [-0.39, 0.29) is 32.0 Å². The lowest BCUT2D eigenvalue weighted by Crippen LogP contribution is -2.52. The molecule has 2 heterocycles. The molecule has 5 N–H and O–H groups in total. The molecule has 0 radical (unpaired) electrons. The van der Waals surface area contributed by atoms with Crippen molar-refractivity contribution in [1.29, 1.82) is 0 Å². The van der Waals surface area contributed by atoms with E-state index in [4.69, 9.17) is 14.2 Å². The second kappa shape index (κ2) is 8.76. The number of amides is 1. The Morgan fingerprint density at radius 1 is 1.37 bits per heavy atom. The molecule has 0 aromatic heterocycles. The van der Waals surface area contributed by atoms with Crippen LogP contribution in [0.4, 0.5) is 0 Å². The fourth-order valence-corrected chi connectivity index (χ4v) is 4.88. The summed E-state index contributed by atoms with van der Waals surface area (Å²) in [6.07, 6.45) is -0.725. The van der Waals surface area contributed by atoms with Crippen LogP contribution in [0.15, 0.2) is 0 Å². The summed E-state index contributed by atoms with van der Waals surface area (Å²) in [5.74, 6) is -1.89. The molecule has 12 heteroatoms. The predicted molar refractivity (Wildman–Crippen MR) is 94.4 cm³/mol. The molecule has 2 aliphatic heterocycles. The number of carboxylic acids is 1. The molecule has 27 heavy (non-hydrogen) atoms. The molecule has 11 nitrogen and oxygen atoms in total. The number of nitrogens with one attached hydrogen (secondary N) is 3. The molecule has 0 aliphatic carbocycles. The molecule has 1 unspecified atom stereocenters. The van der Waals surface area contributed by atoms with Gasteiger partial charge in [-0.1, -0.05) is 13.8 Å². The van der Waals surface area contributed by atoms with Gasteiger partial charge in [0.2, 0.25) is 0 Å². The highest BCUT2D eigenvalue weighted by Crippen LogP contribution is 2.60. The zero-order valence-electron chi connectivity index (χ0n) is 15.6. The molecule has 2 aliphatic rings. The summed E-state index contributed by atoms with van der Waals surface area (Å²) in [6.45, 7) is 4.00. The maximum atomic E-state index is 12.5. The Labute approximate surface area is 157 Å². The van der Waals surface area contributed by atoms with E-state index in [2.05, 4.69) is 20.5 Å². The first-order chi connectivity index (χ1) is 12.6. The third kappa shape index (κ3) is 5.81. The average molecular weight is 408 g/mol. The second-order valence-electron chi connectivity index (χ2n) is 7.25. The minimum absolute atomic E-state index is 0.0217. The van der Waals surface area contributed by atoms with Gasteiger partial charge in [0.25, 0.3) is 5.91 Å². The number of rotatable bonds is 7. The van der Waals surface area contributed by atoms with E-state index in [1.807, 2.05) is 0 Å². The van der Waals surface area contributed by atoms with Gasteiger partial charge in [-0.25, -0.2) is 0 Å². The van der Waals surface area contributed by atoms with Crippen molar-refractivity contribution in [3.05, 3.63) is 0 Å².